The number of para-hydroxylation sites is 1. The van der Waals surface area contributed by atoms with E-state index < -0.39 is 0 Å². The number of rotatable bonds is 3. The van der Waals surface area contributed by atoms with Crippen LogP contribution in [0.3, 0.4) is 0 Å². The number of benzene rings is 2. The monoisotopic (exact) mass is 322 g/mol. The maximum Gasteiger partial charge on any atom is 0.257 e. The van der Waals surface area contributed by atoms with Gasteiger partial charge in [0, 0.05) is 18.8 Å². The third kappa shape index (κ3) is 2.78. The molecule has 2 aromatic carbocycles. The lowest BCUT2D eigenvalue weighted by Crippen LogP contribution is -2.46. The van der Waals surface area contributed by atoms with Gasteiger partial charge in [0.15, 0.2) is 0 Å². The van der Waals surface area contributed by atoms with Gasteiger partial charge in [0.25, 0.3) is 5.91 Å². The van der Waals surface area contributed by atoms with Crippen LogP contribution in [0.2, 0.25) is 0 Å². The zero-order valence-electron chi connectivity index (χ0n) is 13.9. The van der Waals surface area contributed by atoms with E-state index in [9.17, 15) is 4.79 Å². The molecule has 124 valence electrons. The summed E-state index contributed by atoms with van der Waals surface area (Å²) < 4.78 is 5.77. The van der Waals surface area contributed by atoms with Crippen LogP contribution in [-0.2, 0) is 4.74 Å². The molecular formula is C20H22N2O2. The number of fused-ring (bicyclic) bond motifs is 1. The van der Waals surface area contributed by atoms with Crippen molar-refractivity contribution in [1.82, 2.24) is 4.90 Å². The highest BCUT2D eigenvalue weighted by atomic mass is 16.5. The molecule has 24 heavy (non-hydrogen) atoms. The van der Waals surface area contributed by atoms with Gasteiger partial charge < -0.3 is 15.0 Å². The molecule has 4 rings (SSSR count). The number of nitrogens with zero attached hydrogens (tertiary/aromatic N) is 1. The third-order valence-electron chi connectivity index (χ3n) is 4.84. The fourth-order valence-electron chi connectivity index (χ4n) is 3.50. The van der Waals surface area contributed by atoms with Gasteiger partial charge in [0.1, 0.15) is 6.17 Å². The second kappa shape index (κ2) is 6.29. The molecule has 4 heteroatoms. The van der Waals surface area contributed by atoms with Crippen LogP contribution in [0.1, 0.15) is 40.5 Å². The highest BCUT2D eigenvalue weighted by molar-refractivity contribution is 6.01. The number of anilines is 1. The number of carbonyl (C=O) groups excluding carboxylic acids is 1. The van der Waals surface area contributed by atoms with E-state index in [4.69, 9.17) is 4.74 Å². The molecule has 0 aliphatic carbocycles. The number of aryl methyl sites for hydroxylation is 1. The first kappa shape index (κ1) is 15.2. The summed E-state index contributed by atoms with van der Waals surface area (Å²) in [5.74, 6) is 0.0745. The van der Waals surface area contributed by atoms with Crippen molar-refractivity contribution in [2.75, 3.05) is 18.5 Å². The molecule has 2 atom stereocenters. The van der Waals surface area contributed by atoms with Crippen LogP contribution >= 0.6 is 0 Å². The zero-order valence-corrected chi connectivity index (χ0v) is 13.9. The van der Waals surface area contributed by atoms with Crippen LogP contribution < -0.4 is 5.32 Å². The fourth-order valence-corrected chi connectivity index (χ4v) is 3.50. The summed E-state index contributed by atoms with van der Waals surface area (Å²) in [6, 6.07) is 16.1. The Morgan fingerprint density at radius 3 is 2.71 bits per heavy atom. The molecule has 4 nitrogen and oxygen atoms in total. The summed E-state index contributed by atoms with van der Waals surface area (Å²) in [5, 5.41) is 3.54. The van der Waals surface area contributed by atoms with E-state index in [1.54, 1.807) is 0 Å². The summed E-state index contributed by atoms with van der Waals surface area (Å²) in [6.07, 6.45) is 2.07. The van der Waals surface area contributed by atoms with Crippen LogP contribution in [0.25, 0.3) is 0 Å². The van der Waals surface area contributed by atoms with Crippen LogP contribution in [-0.4, -0.2) is 30.1 Å². The number of carbonyl (C=O) groups is 1. The van der Waals surface area contributed by atoms with Crippen LogP contribution in [0, 0.1) is 6.92 Å². The summed E-state index contributed by atoms with van der Waals surface area (Å²) in [7, 11) is 0. The minimum Gasteiger partial charge on any atom is -0.376 e. The Balaban J connectivity index is 1.70. The first-order chi connectivity index (χ1) is 11.7. The van der Waals surface area contributed by atoms with Crippen molar-refractivity contribution in [3.63, 3.8) is 0 Å². The standard InChI is InChI=1S/C20H22N2O2/c1-14-8-10-15(11-9-14)19-21-18-7-3-2-6-17(18)20(23)22(19)13-16-5-4-12-24-16/h2-3,6-11,16,19,21H,4-5,12-13H2,1H3. The average Bonchev–Trinajstić information content (AvgIpc) is 3.11. The zero-order chi connectivity index (χ0) is 16.5. The Hall–Kier alpha value is -2.33. The molecule has 0 spiro atoms. The molecule has 1 saturated heterocycles. The first-order valence-electron chi connectivity index (χ1n) is 8.57. The van der Waals surface area contributed by atoms with E-state index in [2.05, 4.69) is 36.5 Å². The molecule has 0 saturated carbocycles. The number of hydrogen-bond donors (Lipinski definition) is 1. The molecule has 2 aromatic rings. The van der Waals surface area contributed by atoms with E-state index in [1.165, 1.54) is 5.56 Å². The van der Waals surface area contributed by atoms with Crippen molar-refractivity contribution in [2.45, 2.75) is 32.0 Å². The largest absolute Gasteiger partial charge is 0.376 e. The van der Waals surface area contributed by atoms with E-state index in [1.807, 2.05) is 29.2 Å². The summed E-state index contributed by atoms with van der Waals surface area (Å²) >= 11 is 0. The predicted molar refractivity (Wildman–Crippen MR) is 94.0 cm³/mol. The van der Waals surface area contributed by atoms with Gasteiger partial charge >= 0.3 is 0 Å². The molecule has 1 N–H and O–H groups in total. The Kier molecular flexibility index (Phi) is 3.98. The van der Waals surface area contributed by atoms with Gasteiger partial charge in [-0.25, -0.2) is 0 Å². The molecular weight excluding hydrogens is 300 g/mol. The summed E-state index contributed by atoms with van der Waals surface area (Å²) in [5.41, 5.74) is 3.95. The average molecular weight is 322 g/mol. The highest BCUT2D eigenvalue weighted by Crippen LogP contribution is 2.34. The van der Waals surface area contributed by atoms with Gasteiger partial charge in [-0.15, -0.1) is 0 Å². The maximum atomic E-state index is 13.1. The van der Waals surface area contributed by atoms with Gasteiger partial charge in [-0.1, -0.05) is 42.0 Å². The molecule has 2 aliphatic rings. The van der Waals surface area contributed by atoms with Crippen LogP contribution in [0.15, 0.2) is 48.5 Å². The number of nitrogens with one attached hydrogen (secondary N) is 1. The lowest BCUT2D eigenvalue weighted by atomic mass is 10.0. The molecule has 2 unspecified atom stereocenters. The van der Waals surface area contributed by atoms with Crippen molar-refractivity contribution >= 4 is 11.6 Å². The number of amides is 1. The molecule has 2 heterocycles. The van der Waals surface area contributed by atoms with Crippen molar-refractivity contribution in [1.29, 1.82) is 0 Å². The van der Waals surface area contributed by atoms with Crippen LogP contribution in [0.4, 0.5) is 5.69 Å². The topological polar surface area (TPSA) is 41.6 Å². The van der Waals surface area contributed by atoms with Crippen molar-refractivity contribution < 1.29 is 9.53 Å². The smallest absolute Gasteiger partial charge is 0.257 e. The van der Waals surface area contributed by atoms with Crippen LogP contribution in [0.5, 0.6) is 0 Å². The van der Waals surface area contributed by atoms with E-state index in [-0.39, 0.29) is 18.2 Å². The second-order valence-electron chi connectivity index (χ2n) is 6.60. The van der Waals surface area contributed by atoms with Gasteiger partial charge in [-0.2, -0.15) is 0 Å². The maximum absolute atomic E-state index is 13.1. The van der Waals surface area contributed by atoms with Crippen molar-refractivity contribution in [2.24, 2.45) is 0 Å². The number of ether oxygens (including phenoxy) is 1. The Morgan fingerprint density at radius 2 is 1.96 bits per heavy atom. The van der Waals surface area contributed by atoms with E-state index in [0.717, 1.165) is 36.3 Å². The Bertz CT molecular complexity index is 736. The normalized spacial score (nSPS) is 23.0. The molecule has 1 fully saturated rings. The molecule has 0 aromatic heterocycles. The van der Waals surface area contributed by atoms with Gasteiger partial charge in [-0.05, 0) is 37.5 Å². The summed E-state index contributed by atoms with van der Waals surface area (Å²) in [4.78, 5) is 15.0. The Labute approximate surface area is 142 Å². The Morgan fingerprint density at radius 1 is 1.17 bits per heavy atom. The lowest BCUT2D eigenvalue weighted by molar-refractivity contribution is 0.0427. The fraction of sp³-hybridized carbons (Fsp3) is 0.350. The molecule has 1 amide bonds. The third-order valence-corrected chi connectivity index (χ3v) is 4.84. The first-order valence-corrected chi connectivity index (χ1v) is 8.57. The van der Waals surface area contributed by atoms with Gasteiger partial charge in [0.2, 0.25) is 0 Å². The second-order valence-corrected chi connectivity index (χ2v) is 6.60. The predicted octanol–water partition coefficient (Wildman–Crippen LogP) is 3.74. The minimum atomic E-state index is -0.155. The molecule has 0 radical (unpaired) electrons. The highest BCUT2D eigenvalue weighted by Gasteiger charge is 2.35. The summed E-state index contributed by atoms with van der Waals surface area (Å²) in [6.45, 7) is 3.49. The SMILES string of the molecule is Cc1ccc(C2Nc3ccccc3C(=O)N2CC2CCCO2)cc1. The molecule has 0 bridgehead atoms. The van der Waals surface area contributed by atoms with Gasteiger partial charge in [0.05, 0.1) is 11.7 Å². The van der Waals surface area contributed by atoms with Crippen molar-refractivity contribution in [3.05, 3.63) is 65.2 Å². The van der Waals surface area contributed by atoms with Crippen molar-refractivity contribution in [3.8, 4) is 0 Å². The van der Waals surface area contributed by atoms with E-state index in [0.29, 0.717) is 6.54 Å². The lowest BCUT2D eigenvalue weighted by Gasteiger charge is -2.39. The number of hydrogen-bond acceptors (Lipinski definition) is 3. The van der Waals surface area contributed by atoms with E-state index >= 15 is 0 Å². The quantitative estimate of drug-likeness (QED) is 0.936. The minimum absolute atomic E-state index is 0.0745. The van der Waals surface area contributed by atoms with Gasteiger partial charge in [-0.3, -0.25) is 4.79 Å². The molecule has 2 aliphatic heterocycles.